The van der Waals surface area contributed by atoms with Crippen molar-refractivity contribution in [3.8, 4) is 0 Å². The number of hydrogen-bond acceptors (Lipinski definition) is 2. The van der Waals surface area contributed by atoms with Crippen LogP contribution in [0.15, 0.2) is 17.5 Å². The molecule has 3 heteroatoms. The first kappa shape index (κ1) is 9.68. The zero-order valence-electron chi connectivity index (χ0n) is 7.41. The standard InChI is InChI=1S/C9H13NS2/c1-10(2)9(11)6-5-8-4-3-7-12-8/h3-4,7H,5-6H2,1-2H3. The van der Waals surface area contributed by atoms with Gasteiger partial charge in [0, 0.05) is 25.4 Å². The SMILES string of the molecule is CN(C)C(=S)CCc1cccs1. The molecule has 0 amide bonds. The van der Waals surface area contributed by atoms with Gasteiger partial charge < -0.3 is 4.90 Å². The molecule has 0 saturated heterocycles. The van der Waals surface area contributed by atoms with Crippen molar-refractivity contribution >= 4 is 28.5 Å². The highest BCUT2D eigenvalue weighted by atomic mass is 32.1. The second-order valence-electron chi connectivity index (χ2n) is 2.87. The van der Waals surface area contributed by atoms with E-state index >= 15 is 0 Å². The molecule has 0 bridgehead atoms. The largest absolute Gasteiger partial charge is 0.372 e. The van der Waals surface area contributed by atoms with E-state index in [0.29, 0.717) is 0 Å². The molecule has 12 heavy (non-hydrogen) atoms. The molecule has 0 spiro atoms. The predicted molar refractivity (Wildman–Crippen MR) is 58.9 cm³/mol. The topological polar surface area (TPSA) is 3.24 Å². The van der Waals surface area contributed by atoms with E-state index in [2.05, 4.69) is 17.5 Å². The van der Waals surface area contributed by atoms with E-state index in [1.807, 2.05) is 19.0 Å². The van der Waals surface area contributed by atoms with E-state index in [4.69, 9.17) is 12.2 Å². The fourth-order valence-corrected chi connectivity index (χ4v) is 1.72. The van der Waals surface area contributed by atoms with Crippen LogP contribution in [0.5, 0.6) is 0 Å². The summed E-state index contributed by atoms with van der Waals surface area (Å²) in [7, 11) is 3.99. The maximum absolute atomic E-state index is 5.18. The molecular formula is C9H13NS2. The van der Waals surface area contributed by atoms with Gasteiger partial charge in [0.2, 0.25) is 0 Å². The average molecular weight is 199 g/mol. The molecule has 1 rings (SSSR count). The molecule has 0 aromatic carbocycles. The molecule has 66 valence electrons. The maximum atomic E-state index is 5.18. The van der Waals surface area contributed by atoms with Crippen molar-refractivity contribution < 1.29 is 0 Å². The first-order valence-electron chi connectivity index (χ1n) is 3.92. The molecule has 1 nitrogen and oxygen atoms in total. The highest BCUT2D eigenvalue weighted by molar-refractivity contribution is 7.80. The number of thiophene rings is 1. The van der Waals surface area contributed by atoms with Crippen LogP contribution in [0.3, 0.4) is 0 Å². The van der Waals surface area contributed by atoms with Crippen LogP contribution < -0.4 is 0 Å². The van der Waals surface area contributed by atoms with Gasteiger partial charge >= 0.3 is 0 Å². The number of nitrogens with zero attached hydrogens (tertiary/aromatic N) is 1. The van der Waals surface area contributed by atoms with Gasteiger partial charge in [0.15, 0.2) is 0 Å². The average Bonchev–Trinajstić information content (AvgIpc) is 2.51. The Morgan fingerprint density at radius 2 is 2.33 bits per heavy atom. The number of hydrogen-bond donors (Lipinski definition) is 0. The molecule has 1 aromatic rings. The van der Waals surface area contributed by atoms with Gasteiger partial charge in [-0.3, -0.25) is 0 Å². The molecule has 0 atom stereocenters. The number of thiocarbonyl (C=S) groups is 1. The van der Waals surface area contributed by atoms with E-state index < -0.39 is 0 Å². The Morgan fingerprint density at radius 3 is 2.83 bits per heavy atom. The van der Waals surface area contributed by atoms with Gasteiger partial charge in [-0.15, -0.1) is 11.3 Å². The Morgan fingerprint density at radius 1 is 1.58 bits per heavy atom. The summed E-state index contributed by atoms with van der Waals surface area (Å²) in [6, 6.07) is 4.24. The summed E-state index contributed by atoms with van der Waals surface area (Å²) >= 11 is 6.98. The summed E-state index contributed by atoms with van der Waals surface area (Å²) in [6.07, 6.45) is 2.07. The Balaban J connectivity index is 2.32. The lowest BCUT2D eigenvalue weighted by Crippen LogP contribution is -2.19. The van der Waals surface area contributed by atoms with Crippen LogP contribution >= 0.6 is 23.6 Å². The summed E-state index contributed by atoms with van der Waals surface area (Å²) in [5.41, 5.74) is 0. The first-order valence-corrected chi connectivity index (χ1v) is 5.21. The van der Waals surface area contributed by atoms with Crippen LogP contribution in [0.2, 0.25) is 0 Å². The van der Waals surface area contributed by atoms with Crippen molar-refractivity contribution in [3.05, 3.63) is 22.4 Å². The summed E-state index contributed by atoms with van der Waals surface area (Å²) in [5.74, 6) is 0. The lowest BCUT2D eigenvalue weighted by Gasteiger charge is -2.12. The van der Waals surface area contributed by atoms with Crippen LogP contribution in [-0.2, 0) is 6.42 Å². The highest BCUT2D eigenvalue weighted by Gasteiger charge is 2.00. The van der Waals surface area contributed by atoms with Crippen molar-refractivity contribution in [1.29, 1.82) is 0 Å². The molecule has 1 aromatic heterocycles. The summed E-state index contributed by atoms with van der Waals surface area (Å²) in [6.45, 7) is 0. The number of rotatable bonds is 3. The molecule has 0 saturated carbocycles. The smallest absolute Gasteiger partial charge is 0.0777 e. The summed E-state index contributed by atoms with van der Waals surface area (Å²) in [4.78, 5) is 4.45. The third kappa shape index (κ3) is 2.91. The predicted octanol–water partition coefficient (Wildman–Crippen LogP) is 2.57. The zero-order valence-corrected chi connectivity index (χ0v) is 9.04. The molecule has 1 heterocycles. The molecule has 0 fully saturated rings. The van der Waals surface area contributed by atoms with Gasteiger partial charge in [-0.1, -0.05) is 18.3 Å². The lowest BCUT2D eigenvalue weighted by atomic mass is 10.2. The molecule has 0 radical (unpaired) electrons. The highest BCUT2D eigenvalue weighted by Crippen LogP contribution is 2.11. The fraction of sp³-hybridized carbons (Fsp3) is 0.444. The Bertz CT molecular complexity index is 239. The molecule has 0 aliphatic carbocycles. The van der Waals surface area contributed by atoms with Gasteiger partial charge in [-0.25, -0.2) is 0 Å². The minimum atomic E-state index is 0.989. The fourth-order valence-electron chi connectivity index (χ4n) is 0.909. The Labute approximate surface area is 83.0 Å². The number of aryl methyl sites for hydroxylation is 1. The second kappa shape index (κ2) is 4.58. The normalized spacial score (nSPS) is 9.83. The van der Waals surface area contributed by atoms with Crippen LogP contribution in [-0.4, -0.2) is 24.0 Å². The van der Waals surface area contributed by atoms with Crippen LogP contribution in [0.4, 0.5) is 0 Å². The molecule has 0 aliphatic heterocycles. The van der Waals surface area contributed by atoms with E-state index in [1.54, 1.807) is 11.3 Å². The second-order valence-corrected chi connectivity index (χ2v) is 4.37. The van der Waals surface area contributed by atoms with E-state index in [9.17, 15) is 0 Å². The van der Waals surface area contributed by atoms with Crippen LogP contribution in [0.1, 0.15) is 11.3 Å². The van der Waals surface area contributed by atoms with Gasteiger partial charge in [-0.05, 0) is 17.9 Å². The Kier molecular flexibility index (Phi) is 3.69. The van der Waals surface area contributed by atoms with Crippen molar-refractivity contribution in [3.63, 3.8) is 0 Å². The van der Waals surface area contributed by atoms with Crippen molar-refractivity contribution in [2.45, 2.75) is 12.8 Å². The summed E-state index contributed by atoms with van der Waals surface area (Å²) in [5, 5.41) is 2.11. The molecular weight excluding hydrogens is 186 g/mol. The van der Waals surface area contributed by atoms with Crippen molar-refractivity contribution in [1.82, 2.24) is 4.90 Å². The van der Waals surface area contributed by atoms with Crippen molar-refractivity contribution in [2.24, 2.45) is 0 Å². The third-order valence-electron chi connectivity index (χ3n) is 1.66. The van der Waals surface area contributed by atoms with E-state index in [-0.39, 0.29) is 0 Å². The van der Waals surface area contributed by atoms with Gasteiger partial charge in [0.1, 0.15) is 0 Å². The van der Waals surface area contributed by atoms with E-state index in [0.717, 1.165) is 17.8 Å². The monoisotopic (exact) mass is 199 g/mol. The van der Waals surface area contributed by atoms with Gasteiger partial charge in [0.05, 0.1) is 4.99 Å². The van der Waals surface area contributed by atoms with Gasteiger partial charge in [-0.2, -0.15) is 0 Å². The van der Waals surface area contributed by atoms with Crippen molar-refractivity contribution in [2.75, 3.05) is 14.1 Å². The molecule has 0 unspecified atom stereocenters. The lowest BCUT2D eigenvalue weighted by molar-refractivity contribution is 0.617. The zero-order chi connectivity index (χ0) is 8.97. The van der Waals surface area contributed by atoms with Crippen LogP contribution in [0, 0.1) is 0 Å². The minimum Gasteiger partial charge on any atom is -0.372 e. The molecule has 0 N–H and O–H groups in total. The Hall–Kier alpha value is -0.410. The third-order valence-corrected chi connectivity index (χ3v) is 3.17. The quantitative estimate of drug-likeness (QED) is 0.688. The summed E-state index contributed by atoms with van der Waals surface area (Å²) < 4.78 is 0. The van der Waals surface area contributed by atoms with E-state index in [1.165, 1.54) is 4.88 Å². The van der Waals surface area contributed by atoms with Gasteiger partial charge in [0.25, 0.3) is 0 Å². The molecule has 0 aliphatic rings. The minimum absolute atomic E-state index is 0.989. The van der Waals surface area contributed by atoms with Crippen LogP contribution in [0.25, 0.3) is 0 Å². The maximum Gasteiger partial charge on any atom is 0.0777 e. The first-order chi connectivity index (χ1) is 5.70.